The number of carbonyl (C=O) groups excluding carboxylic acids is 1. The number of rotatable bonds is 3. The molecule has 0 spiro atoms. The van der Waals surface area contributed by atoms with E-state index in [9.17, 15) is 26.7 Å². The Morgan fingerprint density at radius 3 is 2.42 bits per heavy atom. The van der Waals surface area contributed by atoms with Crippen LogP contribution in [0.5, 0.6) is 0 Å². The van der Waals surface area contributed by atoms with Gasteiger partial charge in [0.25, 0.3) is 6.43 Å². The van der Waals surface area contributed by atoms with E-state index >= 15 is 0 Å². The van der Waals surface area contributed by atoms with E-state index in [2.05, 4.69) is 9.72 Å². The maximum atomic E-state index is 12.7. The molecule has 4 nitrogen and oxygen atoms in total. The molecule has 0 amide bonds. The minimum atomic E-state index is -5.07. The Hall–Kier alpha value is -1.77. The maximum Gasteiger partial charge on any atom is 0.434 e. The van der Waals surface area contributed by atoms with Crippen LogP contribution in [0, 0.1) is 0 Å². The van der Waals surface area contributed by atoms with Crippen molar-refractivity contribution in [1.82, 2.24) is 4.98 Å². The Bertz CT molecular complexity index is 488. The van der Waals surface area contributed by atoms with Crippen LogP contribution < -0.4 is 5.73 Å². The molecule has 106 valence electrons. The molecule has 1 heterocycles. The summed E-state index contributed by atoms with van der Waals surface area (Å²) < 4.78 is 67.4. The predicted molar refractivity (Wildman–Crippen MR) is 53.4 cm³/mol. The number of ether oxygens (including phenoxy) is 1. The number of hydrogen-bond acceptors (Lipinski definition) is 4. The molecule has 0 aliphatic carbocycles. The first-order chi connectivity index (χ1) is 8.72. The number of nitrogens with zero attached hydrogens (tertiary/aromatic N) is 1. The van der Waals surface area contributed by atoms with E-state index in [1.165, 1.54) is 0 Å². The summed E-state index contributed by atoms with van der Waals surface area (Å²) in [5.74, 6) is -1.33. The molecule has 0 aliphatic heterocycles. The number of halogens is 5. The summed E-state index contributed by atoms with van der Waals surface area (Å²) in [6.45, 7) is -0.532. The van der Waals surface area contributed by atoms with Crippen LogP contribution in [0.15, 0.2) is 6.07 Å². The third-order valence-corrected chi connectivity index (χ3v) is 2.22. The molecule has 1 aromatic rings. The van der Waals surface area contributed by atoms with Gasteiger partial charge in [0.2, 0.25) is 0 Å². The number of methoxy groups -OCH3 is 1. The summed E-state index contributed by atoms with van der Waals surface area (Å²) in [6, 6.07) is 0.659. The first-order valence-corrected chi connectivity index (χ1v) is 4.89. The normalized spacial score (nSPS) is 11.8. The molecular formula is C10H9F5N2O2. The average Bonchev–Trinajstić information content (AvgIpc) is 2.34. The van der Waals surface area contributed by atoms with Gasteiger partial charge in [-0.05, 0) is 11.6 Å². The minimum absolute atomic E-state index is 0.399. The lowest BCUT2D eigenvalue weighted by atomic mass is 10.0. The highest BCUT2D eigenvalue weighted by atomic mass is 19.4. The van der Waals surface area contributed by atoms with Gasteiger partial charge >= 0.3 is 12.1 Å². The average molecular weight is 284 g/mol. The fourth-order valence-corrected chi connectivity index (χ4v) is 1.43. The van der Waals surface area contributed by atoms with Crippen molar-refractivity contribution in [2.45, 2.75) is 19.1 Å². The second kappa shape index (κ2) is 5.47. The Labute approximate surface area is 104 Å². The van der Waals surface area contributed by atoms with Gasteiger partial charge in [-0.2, -0.15) is 13.2 Å². The van der Waals surface area contributed by atoms with E-state index in [0.29, 0.717) is 6.07 Å². The van der Waals surface area contributed by atoms with Crippen molar-refractivity contribution in [3.8, 4) is 0 Å². The molecule has 0 bridgehead atoms. The molecule has 0 fully saturated rings. The first-order valence-electron chi connectivity index (χ1n) is 4.89. The highest BCUT2D eigenvalue weighted by Gasteiger charge is 2.40. The summed E-state index contributed by atoms with van der Waals surface area (Å²) in [5, 5.41) is 0. The van der Waals surface area contributed by atoms with E-state index in [0.717, 1.165) is 7.11 Å². The smallest absolute Gasteiger partial charge is 0.434 e. The van der Waals surface area contributed by atoms with Crippen molar-refractivity contribution in [1.29, 1.82) is 0 Å². The Kier molecular flexibility index (Phi) is 4.40. The lowest BCUT2D eigenvalue weighted by Gasteiger charge is -2.15. The summed E-state index contributed by atoms with van der Waals surface area (Å²) in [4.78, 5) is 14.1. The quantitative estimate of drug-likeness (QED) is 0.683. The summed E-state index contributed by atoms with van der Waals surface area (Å²) in [5.41, 5.74) is 1.01. The summed E-state index contributed by atoms with van der Waals surface area (Å²) in [7, 11) is 0.865. The van der Waals surface area contributed by atoms with Gasteiger partial charge < -0.3 is 10.5 Å². The van der Waals surface area contributed by atoms with Gasteiger partial charge in [0.15, 0.2) is 5.69 Å². The molecular weight excluding hydrogens is 275 g/mol. The molecule has 0 saturated heterocycles. The number of aromatic nitrogens is 1. The molecule has 0 atom stereocenters. The number of hydrogen-bond donors (Lipinski definition) is 1. The van der Waals surface area contributed by atoms with Gasteiger partial charge in [-0.3, -0.25) is 0 Å². The molecule has 0 radical (unpaired) electrons. The van der Waals surface area contributed by atoms with Crippen LogP contribution in [-0.2, 0) is 17.5 Å². The fraction of sp³-hybridized carbons (Fsp3) is 0.400. The van der Waals surface area contributed by atoms with Crippen molar-refractivity contribution in [2.24, 2.45) is 5.73 Å². The van der Waals surface area contributed by atoms with Crippen LogP contribution in [0.4, 0.5) is 22.0 Å². The van der Waals surface area contributed by atoms with Crippen molar-refractivity contribution >= 4 is 5.97 Å². The van der Waals surface area contributed by atoms with E-state index < -0.39 is 47.6 Å². The zero-order valence-corrected chi connectivity index (χ0v) is 9.59. The van der Waals surface area contributed by atoms with Crippen LogP contribution in [0.2, 0.25) is 0 Å². The maximum absolute atomic E-state index is 12.7. The van der Waals surface area contributed by atoms with Crippen molar-refractivity contribution in [3.05, 3.63) is 28.6 Å². The van der Waals surface area contributed by atoms with Crippen molar-refractivity contribution in [2.75, 3.05) is 7.11 Å². The number of alkyl halides is 5. The molecule has 0 aliphatic rings. The summed E-state index contributed by atoms with van der Waals surface area (Å²) >= 11 is 0. The monoisotopic (exact) mass is 284 g/mol. The second-order valence-corrected chi connectivity index (χ2v) is 3.42. The third-order valence-electron chi connectivity index (χ3n) is 2.22. The van der Waals surface area contributed by atoms with Gasteiger partial charge in [0, 0.05) is 6.54 Å². The number of pyridine rings is 1. The van der Waals surface area contributed by atoms with Gasteiger partial charge in [0.05, 0.1) is 12.7 Å². The van der Waals surface area contributed by atoms with Crippen LogP contribution in [0.25, 0.3) is 0 Å². The molecule has 1 rings (SSSR count). The number of nitrogens with two attached hydrogens (primary N) is 1. The van der Waals surface area contributed by atoms with Gasteiger partial charge in [0.1, 0.15) is 5.69 Å². The second-order valence-electron chi connectivity index (χ2n) is 3.42. The first kappa shape index (κ1) is 15.3. The van der Waals surface area contributed by atoms with E-state index in [1.54, 1.807) is 0 Å². The lowest BCUT2D eigenvalue weighted by molar-refractivity contribution is -0.142. The lowest BCUT2D eigenvalue weighted by Crippen LogP contribution is -2.21. The Morgan fingerprint density at radius 2 is 2.05 bits per heavy atom. The summed E-state index contributed by atoms with van der Waals surface area (Å²) in [6.07, 6.45) is -8.28. The van der Waals surface area contributed by atoms with Gasteiger partial charge in [-0.25, -0.2) is 18.6 Å². The minimum Gasteiger partial charge on any atom is -0.465 e. The topological polar surface area (TPSA) is 65.2 Å². The zero-order chi connectivity index (χ0) is 14.8. The van der Waals surface area contributed by atoms with Crippen molar-refractivity contribution < 1.29 is 31.5 Å². The predicted octanol–water partition coefficient (Wildman–Crippen LogP) is 2.28. The highest BCUT2D eigenvalue weighted by Crippen LogP contribution is 2.34. The third kappa shape index (κ3) is 3.16. The molecule has 1 aromatic heterocycles. The van der Waals surface area contributed by atoms with Gasteiger partial charge in [-0.15, -0.1) is 0 Å². The van der Waals surface area contributed by atoms with Crippen LogP contribution in [0.1, 0.15) is 33.7 Å². The van der Waals surface area contributed by atoms with Crippen LogP contribution >= 0.6 is 0 Å². The van der Waals surface area contributed by atoms with Crippen LogP contribution in [0.3, 0.4) is 0 Å². The SMILES string of the molecule is COC(=O)c1c(CN)cc(C(F)F)nc1C(F)(F)F. The fourth-order valence-electron chi connectivity index (χ4n) is 1.43. The number of carbonyl (C=O) groups is 1. The Morgan fingerprint density at radius 1 is 1.47 bits per heavy atom. The van der Waals surface area contributed by atoms with E-state index in [1.807, 2.05) is 0 Å². The molecule has 0 aromatic carbocycles. The molecule has 9 heteroatoms. The molecule has 19 heavy (non-hydrogen) atoms. The van der Waals surface area contributed by atoms with E-state index in [-0.39, 0.29) is 0 Å². The standard InChI is InChI=1S/C10H9F5N2O2/c1-19-9(18)6-4(3-16)2-5(8(11)12)17-7(6)10(13,14)15/h2,8H,3,16H2,1H3. The Balaban J connectivity index is 3.62. The largest absolute Gasteiger partial charge is 0.465 e. The molecule has 0 unspecified atom stereocenters. The number of esters is 1. The molecule has 2 N–H and O–H groups in total. The van der Waals surface area contributed by atoms with Crippen molar-refractivity contribution in [3.63, 3.8) is 0 Å². The van der Waals surface area contributed by atoms with Gasteiger partial charge in [-0.1, -0.05) is 0 Å². The molecule has 0 saturated carbocycles. The van der Waals surface area contributed by atoms with Crippen LogP contribution in [-0.4, -0.2) is 18.1 Å². The van der Waals surface area contributed by atoms with E-state index in [4.69, 9.17) is 5.73 Å². The zero-order valence-electron chi connectivity index (χ0n) is 9.59. The highest BCUT2D eigenvalue weighted by molar-refractivity contribution is 5.92.